The first-order valence-electron chi connectivity index (χ1n) is 6.05. The molecule has 1 N–H and O–H groups in total. The van der Waals surface area contributed by atoms with E-state index < -0.39 is 17.3 Å². The van der Waals surface area contributed by atoms with Crippen molar-refractivity contribution < 1.29 is 17.9 Å². The summed E-state index contributed by atoms with van der Waals surface area (Å²) in [6, 6.07) is 13.3. The second-order valence-electron chi connectivity index (χ2n) is 4.20. The molecule has 7 heteroatoms. The number of hydrogen-bond acceptors (Lipinski definition) is 3. The summed E-state index contributed by atoms with van der Waals surface area (Å²) in [6.07, 6.45) is -4.62. The Labute approximate surface area is 129 Å². The van der Waals surface area contributed by atoms with Gasteiger partial charge in [-0.2, -0.15) is 18.4 Å². The monoisotopic (exact) mass is 322 g/mol. The number of anilines is 1. The quantitative estimate of drug-likeness (QED) is 0.835. The predicted molar refractivity (Wildman–Crippen MR) is 79.4 cm³/mol. The smallest absolute Gasteiger partial charge is 0.417 e. The first-order chi connectivity index (χ1) is 10.4. The van der Waals surface area contributed by atoms with Gasteiger partial charge in [0, 0.05) is 5.69 Å². The lowest BCUT2D eigenvalue weighted by Crippen LogP contribution is -2.17. The van der Waals surface area contributed by atoms with Crippen LogP contribution in [0.3, 0.4) is 0 Å². The Morgan fingerprint density at radius 1 is 1.14 bits per heavy atom. The number of thiocarbonyl (C=S) groups is 1. The van der Waals surface area contributed by atoms with Gasteiger partial charge in [0.05, 0.1) is 17.2 Å². The van der Waals surface area contributed by atoms with E-state index in [0.717, 1.165) is 12.1 Å². The number of ether oxygens (including phenoxy) is 1. The van der Waals surface area contributed by atoms with Crippen molar-refractivity contribution in [1.29, 1.82) is 5.26 Å². The third kappa shape index (κ3) is 3.96. The Morgan fingerprint density at radius 3 is 2.41 bits per heavy atom. The lowest BCUT2D eigenvalue weighted by molar-refractivity contribution is -0.137. The molecule has 0 saturated heterocycles. The third-order valence-corrected chi connectivity index (χ3v) is 2.83. The molecule has 0 aliphatic heterocycles. The number of nitrogens with one attached hydrogen (secondary N) is 1. The highest BCUT2D eigenvalue weighted by atomic mass is 32.1. The van der Waals surface area contributed by atoms with E-state index in [1.807, 2.05) is 0 Å². The first kappa shape index (κ1) is 15.8. The molecular formula is C15H9F3N2OS. The summed E-state index contributed by atoms with van der Waals surface area (Å²) in [5.74, 6) is 0.463. The zero-order valence-electron chi connectivity index (χ0n) is 11.0. The molecule has 2 aromatic rings. The van der Waals surface area contributed by atoms with Gasteiger partial charge >= 0.3 is 6.18 Å². The van der Waals surface area contributed by atoms with E-state index in [1.165, 1.54) is 12.1 Å². The van der Waals surface area contributed by atoms with E-state index >= 15 is 0 Å². The molecule has 0 unspecified atom stereocenters. The van der Waals surface area contributed by atoms with E-state index in [2.05, 4.69) is 5.32 Å². The van der Waals surface area contributed by atoms with Crippen LogP contribution < -0.4 is 10.1 Å². The normalized spacial score (nSPS) is 10.6. The number of nitrogens with zero attached hydrogens (tertiary/aromatic N) is 1. The van der Waals surface area contributed by atoms with Crippen LogP contribution in [0.25, 0.3) is 0 Å². The van der Waals surface area contributed by atoms with Crippen LogP contribution in [0.1, 0.15) is 11.1 Å². The molecular weight excluding hydrogens is 313 g/mol. The van der Waals surface area contributed by atoms with Gasteiger partial charge in [-0.1, -0.05) is 18.2 Å². The number of alkyl halides is 3. The van der Waals surface area contributed by atoms with Gasteiger partial charge in [-0.05, 0) is 42.5 Å². The fourth-order valence-electron chi connectivity index (χ4n) is 1.69. The molecule has 112 valence electrons. The molecule has 0 aliphatic carbocycles. The van der Waals surface area contributed by atoms with Gasteiger partial charge < -0.3 is 10.1 Å². The van der Waals surface area contributed by atoms with E-state index in [1.54, 1.807) is 30.3 Å². The van der Waals surface area contributed by atoms with Crippen LogP contribution in [0.2, 0.25) is 0 Å². The van der Waals surface area contributed by atoms with Gasteiger partial charge in [0.15, 0.2) is 0 Å². The van der Waals surface area contributed by atoms with Crippen molar-refractivity contribution in [2.45, 2.75) is 6.18 Å². The van der Waals surface area contributed by atoms with Crippen LogP contribution >= 0.6 is 12.2 Å². The number of para-hydroxylation sites is 1. The topological polar surface area (TPSA) is 45.0 Å². The summed E-state index contributed by atoms with van der Waals surface area (Å²) in [4.78, 5) is 0. The Hall–Kier alpha value is -2.59. The molecule has 0 radical (unpaired) electrons. The zero-order chi connectivity index (χ0) is 16.2. The molecule has 0 aliphatic rings. The van der Waals surface area contributed by atoms with Crippen molar-refractivity contribution in [3.8, 4) is 11.8 Å². The number of rotatable bonds is 2. The van der Waals surface area contributed by atoms with Gasteiger partial charge in [0.25, 0.3) is 5.17 Å². The van der Waals surface area contributed by atoms with E-state index in [-0.39, 0.29) is 10.9 Å². The van der Waals surface area contributed by atoms with Crippen molar-refractivity contribution in [1.82, 2.24) is 0 Å². The van der Waals surface area contributed by atoms with Gasteiger partial charge in [-0.25, -0.2) is 0 Å². The first-order valence-corrected chi connectivity index (χ1v) is 6.46. The van der Waals surface area contributed by atoms with Crippen LogP contribution in [0, 0.1) is 11.3 Å². The molecule has 3 nitrogen and oxygen atoms in total. The minimum atomic E-state index is -4.62. The van der Waals surface area contributed by atoms with E-state index in [0.29, 0.717) is 5.75 Å². The van der Waals surface area contributed by atoms with Crippen molar-refractivity contribution >= 4 is 23.1 Å². The number of halogens is 3. The molecule has 2 aromatic carbocycles. The number of hydrogen-bond donors (Lipinski definition) is 1. The average Bonchev–Trinajstić information content (AvgIpc) is 2.47. The summed E-state index contributed by atoms with van der Waals surface area (Å²) in [5, 5.41) is 11.2. The molecule has 0 amide bonds. The zero-order valence-corrected chi connectivity index (χ0v) is 11.8. The lowest BCUT2D eigenvalue weighted by atomic mass is 10.1. The minimum Gasteiger partial charge on any atom is -0.432 e. The highest BCUT2D eigenvalue weighted by molar-refractivity contribution is 7.80. The molecule has 0 heterocycles. The standard InChI is InChI=1S/C15H9F3N2OS/c16-15(17,18)13-8-11(7-6-10(13)9-19)20-14(22)21-12-4-2-1-3-5-12/h1-8H,(H,20,22). The maximum Gasteiger partial charge on any atom is 0.417 e. The number of nitriles is 1. The summed E-state index contributed by atoms with van der Waals surface area (Å²) in [7, 11) is 0. The van der Waals surface area contributed by atoms with Gasteiger partial charge in [0.2, 0.25) is 0 Å². The van der Waals surface area contributed by atoms with E-state index in [9.17, 15) is 13.2 Å². The van der Waals surface area contributed by atoms with Crippen molar-refractivity contribution in [2.24, 2.45) is 0 Å². The van der Waals surface area contributed by atoms with E-state index in [4.69, 9.17) is 22.2 Å². The second-order valence-corrected chi connectivity index (χ2v) is 4.57. The summed E-state index contributed by atoms with van der Waals surface area (Å²) < 4.78 is 43.8. The summed E-state index contributed by atoms with van der Waals surface area (Å²) in [5.41, 5.74) is -1.39. The van der Waals surface area contributed by atoms with Crippen molar-refractivity contribution in [3.63, 3.8) is 0 Å². The largest absolute Gasteiger partial charge is 0.432 e. The van der Waals surface area contributed by atoms with Crippen LogP contribution in [0.4, 0.5) is 18.9 Å². The Bertz CT molecular complexity index is 724. The number of benzene rings is 2. The third-order valence-electron chi connectivity index (χ3n) is 2.65. The summed E-state index contributed by atoms with van der Waals surface area (Å²) in [6.45, 7) is 0. The van der Waals surface area contributed by atoms with Crippen LogP contribution in [0.5, 0.6) is 5.75 Å². The maximum absolute atomic E-state index is 12.9. The van der Waals surface area contributed by atoms with Gasteiger partial charge in [-0.3, -0.25) is 0 Å². The van der Waals surface area contributed by atoms with Crippen molar-refractivity contribution in [3.05, 3.63) is 59.7 Å². The fourth-order valence-corrected chi connectivity index (χ4v) is 1.91. The summed E-state index contributed by atoms with van der Waals surface area (Å²) >= 11 is 4.94. The lowest BCUT2D eigenvalue weighted by Gasteiger charge is -2.13. The highest BCUT2D eigenvalue weighted by Gasteiger charge is 2.33. The average molecular weight is 322 g/mol. The molecule has 0 bridgehead atoms. The Kier molecular flexibility index (Phi) is 4.63. The van der Waals surface area contributed by atoms with Gasteiger partial charge in [0.1, 0.15) is 5.75 Å². The molecule has 0 spiro atoms. The molecule has 22 heavy (non-hydrogen) atoms. The highest BCUT2D eigenvalue weighted by Crippen LogP contribution is 2.33. The second kappa shape index (κ2) is 6.45. The molecule has 2 rings (SSSR count). The van der Waals surface area contributed by atoms with Crippen molar-refractivity contribution in [2.75, 3.05) is 5.32 Å². The van der Waals surface area contributed by atoms with Crippen LogP contribution in [-0.4, -0.2) is 5.17 Å². The predicted octanol–water partition coefficient (Wildman–Crippen LogP) is 4.35. The SMILES string of the molecule is N#Cc1ccc(NC(=S)Oc2ccccc2)cc1C(F)(F)F. The maximum atomic E-state index is 12.9. The Balaban J connectivity index is 2.17. The molecule has 0 atom stereocenters. The fraction of sp³-hybridized carbons (Fsp3) is 0.0667. The van der Waals surface area contributed by atoms with Crippen LogP contribution in [0.15, 0.2) is 48.5 Å². The molecule has 0 fully saturated rings. The molecule has 0 aromatic heterocycles. The van der Waals surface area contributed by atoms with Gasteiger partial charge in [-0.15, -0.1) is 0 Å². The minimum absolute atomic E-state index is 0.0901. The Morgan fingerprint density at radius 2 is 1.82 bits per heavy atom. The molecule has 0 saturated carbocycles. The van der Waals surface area contributed by atoms with Crippen LogP contribution in [-0.2, 0) is 6.18 Å².